The van der Waals surface area contributed by atoms with E-state index in [-0.39, 0.29) is 5.91 Å². The highest BCUT2D eigenvalue weighted by Crippen LogP contribution is 2.33. The quantitative estimate of drug-likeness (QED) is 0.720. The number of benzene rings is 1. The van der Waals surface area contributed by atoms with Crippen LogP contribution in [0.2, 0.25) is 0 Å². The van der Waals surface area contributed by atoms with Crippen LogP contribution in [0.15, 0.2) is 29.6 Å². The van der Waals surface area contributed by atoms with Crippen molar-refractivity contribution in [2.45, 2.75) is 20.3 Å². The third-order valence-corrected chi connectivity index (χ3v) is 6.24. The summed E-state index contributed by atoms with van der Waals surface area (Å²) in [6.45, 7) is 5.92. The number of anilines is 1. The number of rotatable bonds is 6. The van der Waals surface area contributed by atoms with Crippen LogP contribution < -0.4 is 9.80 Å². The van der Waals surface area contributed by atoms with E-state index in [0.717, 1.165) is 33.2 Å². The predicted molar refractivity (Wildman–Crippen MR) is 107 cm³/mol. The van der Waals surface area contributed by atoms with Gasteiger partial charge in [-0.05, 0) is 42.5 Å². The molecule has 0 atom stereocenters. The summed E-state index contributed by atoms with van der Waals surface area (Å²) in [6, 6.07) is 8.04. The van der Waals surface area contributed by atoms with Gasteiger partial charge in [0.1, 0.15) is 0 Å². The van der Waals surface area contributed by atoms with Gasteiger partial charge in [0.2, 0.25) is 0 Å². The second-order valence-corrected chi connectivity index (χ2v) is 8.55. The summed E-state index contributed by atoms with van der Waals surface area (Å²) in [5.41, 5.74) is 3.44. The number of amides is 1. The SMILES string of the molecule is Cc1ccc2sc(N(CCC[NH+](C)C)C(=O)c3cccs3)nc2c1C. The summed E-state index contributed by atoms with van der Waals surface area (Å²) in [6.07, 6.45) is 0.952. The summed E-state index contributed by atoms with van der Waals surface area (Å²) in [4.78, 5) is 21.8. The molecule has 2 aromatic heterocycles. The minimum atomic E-state index is 0.0530. The van der Waals surface area contributed by atoms with Gasteiger partial charge in [0, 0.05) is 13.0 Å². The lowest BCUT2D eigenvalue weighted by Crippen LogP contribution is -3.05. The van der Waals surface area contributed by atoms with Crippen LogP contribution in [0.3, 0.4) is 0 Å². The maximum atomic E-state index is 13.0. The molecule has 0 fully saturated rings. The molecular formula is C19H24N3OS2+. The molecule has 0 saturated heterocycles. The molecule has 0 aliphatic rings. The van der Waals surface area contributed by atoms with E-state index in [2.05, 4.69) is 40.1 Å². The maximum absolute atomic E-state index is 13.0. The largest absolute Gasteiger partial charge is 0.340 e. The Balaban J connectivity index is 1.95. The zero-order chi connectivity index (χ0) is 18.0. The Morgan fingerprint density at radius 2 is 2.04 bits per heavy atom. The fourth-order valence-electron chi connectivity index (χ4n) is 2.74. The van der Waals surface area contributed by atoms with E-state index in [4.69, 9.17) is 4.98 Å². The molecule has 0 aliphatic heterocycles. The molecule has 0 spiro atoms. The molecule has 1 amide bonds. The van der Waals surface area contributed by atoms with Gasteiger partial charge in [0.15, 0.2) is 5.13 Å². The Kier molecular flexibility index (Phi) is 5.51. The number of thiazole rings is 1. The molecule has 4 nitrogen and oxygen atoms in total. The number of carbonyl (C=O) groups excluding carboxylic acids is 1. The van der Waals surface area contributed by atoms with Crippen molar-refractivity contribution in [1.82, 2.24) is 4.98 Å². The summed E-state index contributed by atoms with van der Waals surface area (Å²) < 4.78 is 1.14. The fraction of sp³-hybridized carbons (Fsp3) is 0.368. The number of nitrogens with zero attached hydrogens (tertiary/aromatic N) is 2. The van der Waals surface area contributed by atoms with Crippen molar-refractivity contribution < 1.29 is 9.69 Å². The first-order valence-electron chi connectivity index (χ1n) is 8.48. The number of thiophene rings is 1. The van der Waals surface area contributed by atoms with Crippen LogP contribution in [0.25, 0.3) is 10.2 Å². The first-order chi connectivity index (χ1) is 12.0. The topological polar surface area (TPSA) is 37.6 Å². The molecule has 132 valence electrons. The number of quaternary nitrogens is 1. The van der Waals surface area contributed by atoms with Crippen LogP contribution in [0, 0.1) is 13.8 Å². The Hall–Kier alpha value is -1.76. The number of nitrogens with one attached hydrogen (secondary N) is 1. The van der Waals surface area contributed by atoms with E-state index < -0.39 is 0 Å². The summed E-state index contributed by atoms with van der Waals surface area (Å²) in [5.74, 6) is 0.0530. The zero-order valence-electron chi connectivity index (χ0n) is 15.1. The minimum Gasteiger partial charge on any atom is -0.340 e. The number of aryl methyl sites for hydroxylation is 2. The van der Waals surface area contributed by atoms with Gasteiger partial charge in [-0.15, -0.1) is 11.3 Å². The highest BCUT2D eigenvalue weighted by molar-refractivity contribution is 7.22. The highest BCUT2D eigenvalue weighted by atomic mass is 32.1. The van der Waals surface area contributed by atoms with Crippen LogP contribution in [-0.2, 0) is 0 Å². The predicted octanol–water partition coefficient (Wildman–Crippen LogP) is 3.16. The summed E-state index contributed by atoms with van der Waals surface area (Å²) in [7, 11) is 4.27. The van der Waals surface area contributed by atoms with Crippen molar-refractivity contribution in [3.05, 3.63) is 45.6 Å². The monoisotopic (exact) mass is 374 g/mol. The van der Waals surface area contributed by atoms with Gasteiger partial charge in [-0.2, -0.15) is 0 Å². The van der Waals surface area contributed by atoms with Crippen molar-refractivity contribution in [1.29, 1.82) is 0 Å². The van der Waals surface area contributed by atoms with Crippen molar-refractivity contribution >= 4 is 43.9 Å². The standard InChI is InChI=1S/C19H23N3OS2/c1-13-8-9-15-17(14(13)2)20-19(25-15)22(11-6-10-21(3)4)18(23)16-7-5-12-24-16/h5,7-9,12H,6,10-11H2,1-4H3/p+1. The normalized spacial score (nSPS) is 11.4. The molecular weight excluding hydrogens is 350 g/mol. The molecule has 6 heteroatoms. The number of carbonyl (C=O) groups is 1. The van der Waals surface area contributed by atoms with Gasteiger partial charge >= 0.3 is 0 Å². The molecule has 0 aliphatic carbocycles. The molecule has 0 saturated carbocycles. The molecule has 0 unspecified atom stereocenters. The number of aromatic nitrogens is 1. The van der Waals surface area contributed by atoms with Crippen molar-refractivity contribution in [2.24, 2.45) is 0 Å². The van der Waals surface area contributed by atoms with Crippen LogP contribution in [0.4, 0.5) is 5.13 Å². The molecule has 2 heterocycles. The molecule has 1 N–H and O–H groups in total. The van der Waals surface area contributed by atoms with Gasteiger partial charge in [-0.1, -0.05) is 23.5 Å². The molecule has 0 radical (unpaired) electrons. The molecule has 0 bridgehead atoms. The number of hydrogen-bond acceptors (Lipinski definition) is 4. The second kappa shape index (κ2) is 7.64. The third kappa shape index (κ3) is 3.92. The average molecular weight is 375 g/mol. The van der Waals surface area contributed by atoms with E-state index >= 15 is 0 Å². The van der Waals surface area contributed by atoms with Gasteiger partial charge in [-0.25, -0.2) is 4.98 Å². The Morgan fingerprint density at radius 3 is 2.72 bits per heavy atom. The lowest BCUT2D eigenvalue weighted by Gasteiger charge is -2.19. The first-order valence-corrected chi connectivity index (χ1v) is 10.2. The number of fused-ring (bicyclic) bond motifs is 1. The van der Waals surface area contributed by atoms with E-state index in [1.54, 1.807) is 11.3 Å². The third-order valence-electron chi connectivity index (χ3n) is 4.34. The Bertz CT molecular complexity index is 868. The van der Waals surface area contributed by atoms with E-state index in [1.165, 1.54) is 27.4 Å². The van der Waals surface area contributed by atoms with Crippen LogP contribution in [-0.4, -0.2) is 38.1 Å². The lowest BCUT2D eigenvalue weighted by molar-refractivity contribution is -0.858. The smallest absolute Gasteiger partial charge is 0.270 e. The lowest BCUT2D eigenvalue weighted by atomic mass is 10.1. The molecule has 1 aromatic carbocycles. The van der Waals surface area contributed by atoms with Gasteiger partial charge < -0.3 is 4.90 Å². The van der Waals surface area contributed by atoms with Crippen molar-refractivity contribution in [3.63, 3.8) is 0 Å². The van der Waals surface area contributed by atoms with E-state index in [1.807, 2.05) is 22.4 Å². The van der Waals surface area contributed by atoms with Crippen molar-refractivity contribution in [2.75, 3.05) is 32.1 Å². The molecule has 3 rings (SSSR count). The first kappa shape index (κ1) is 18.0. The van der Waals surface area contributed by atoms with Gasteiger partial charge in [0.05, 0.1) is 35.7 Å². The number of hydrogen-bond donors (Lipinski definition) is 1. The molecule has 3 aromatic rings. The van der Waals surface area contributed by atoms with E-state index in [9.17, 15) is 4.79 Å². The maximum Gasteiger partial charge on any atom is 0.270 e. The van der Waals surface area contributed by atoms with E-state index in [0.29, 0.717) is 6.54 Å². The molecule has 25 heavy (non-hydrogen) atoms. The van der Waals surface area contributed by atoms with Gasteiger partial charge in [-0.3, -0.25) is 9.69 Å². The average Bonchev–Trinajstić information content (AvgIpc) is 3.24. The fourth-order valence-corrected chi connectivity index (χ4v) is 4.46. The van der Waals surface area contributed by atoms with Crippen LogP contribution >= 0.6 is 22.7 Å². The van der Waals surface area contributed by atoms with Crippen LogP contribution in [0.1, 0.15) is 27.2 Å². The van der Waals surface area contributed by atoms with Crippen molar-refractivity contribution in [3.8, 4) is 0 Å². The summed E-state index contributed by atoms with van der Waals surface area (Å²) >= 11 is 3.09. The van der Waals surface area contributed by atoms with Gasteiger partial charge in [0.25, 0.3) is 5.91 Å². The van der Waals surface area contributed by atoms with Crippen LogP contribution in [0.5, 0.6) is 0 Å². The Morgan fingerprint density at radius 1 is 1.24 bits per heavy atom. The summed E-state index contributed by atoms with van der Waals surface area (Å²) in [5, 5.41) is 2.75. The zero-order valence-corrected chi connectivity index (χ0v) is 16.8. The second-order valence-electron chi connectivity index (χ2n) is 6.60. The minimum absolute atomic E-state index is 0.0530. The highest BCUT2D eigenvalue weighted by Gasteiger charge is 2.22. The Labute approximate surface area is 156 Å².